The van der Waals surface area contributed by atoms with Crippen LogP contribution in [0.2, 0.25) is 0 Å². The van der Waals surface area contributed by atoms with Crippen LogP contribution in [0.4, 0.5) is 0 Å². The Hall–Kier alpha value is -1.14. The monoisotopic (exact) mass is 271 g/mol. The van der Waals surface area contributed by atoms with Crippen molar-refractivity contribution < 1.29 is 14.3 Å². The highest BCUT2D eigenvalue weighted by Crippen LogP contribution is 2.10. The first-order chi connectivity index (χ1) is 8.97. The number of methoxy groups -OCH3 is 1. The van der Waals surface area contributed by atoms with Crippen LogP contribution in [-0.2, 0) is 14.3 Å². The largest absolute Gasteiger partial charge is 0.467 e. The van der Waals surface area contributed by atoms with Gasteiger partial charge in [-0.25, -0.2) is 4.79 Å². The standard InChI is InChI=1S/C13H25N3O3/c1-4-9(2)12(13(18)19-3)15-11(17)8-16-6-5-10(14)7-16/h9-10,12H,4-8,14H2,1-3H3,(H,15,17)/t9?,10-,12?/m1/s1. The lowest BCUT2D eigenvalue weighted by Gasteiger charge is -2.23. The van der Waals surface area contributed by atoms with Gasteiger partial charge in [-0.05, 0) is 12.3 Å². The van der Waals surface area contributed by atoms with Crippen LogP contribution in [0.5, 0.6) is 0 Å². The second-order valence-electron chi connectivity index (χ2n) is 5.24. The zero-order valence-electron chi connectivity index (χ0n) is 12.0. The predicted molar refractivity (Wildman–Crippen MR) is 72.4 cm³/mol. The maximum atomic E-state index is 12.0. The van der Waals surface area contributed by atoms with Gasteiger partial charge in [0, 0.05) is 19.1 Å². The molecule has 0 radical (unpaired) electrons. The van der Waals surface area contributed by atoms with Gasteiger partial charge in [-0.3, -0.25) is 9.69 Å². The summed E-state index contributed by atoms with van der Waals surface area (Å²) >= 11 is 0. The van der Waals surface area contributed by atoms with Gasteiger partial charge in [-0.15, -0.1) is 0 Å². The Morgan fingerprint density at radius 1 is 1.53 bits per heavy atom. The highest BCUT2D eigenvalue weighted by atomic mass is 16.5. The van der Waals surface area contributed by atoms with Crippen molar-refractivity contribution in [3.8, 4) is 0 Å². The first-order valence-electron chi connectivity index (χ1n) is 6.83. The van der Waals surface area contributed by atoms with Gasteiger partial charge in [0.2, 0.25) is 5.91 Å². The number of likely N-dealkylation sites (tertiary alicyclic amines) is 1. The molecule has 1 amide bonds. The van der Waals surface area contributed by atoms with E-state index in [0.717, 1.165) is 25.9 Å². The van der Waals surface area contributed by atoms with Gasteiger partial charge in [0.25, 0.3) is 0 Å². The van der Waals surface area contributed by atoms with Crippen LogP contribution in [-0.4, -0.2) is 55.6 Å². The van der Waals surface area contributed by atoms with Crippen molar-refractivity contribution in [1.82, 2.24) is 10.2 Å². The summed E-state index contributed by atoms with van der Waals surface area (Å²) in [7, 11) is 1.34. The summed E-state index contributed by atoms with van der Waals surface area (Å²) in [6.07, 6.45) is 1.72. The van der Waals surface area contributed by atoms with Crippen LogP contribution in [0.3, 0.4) is 0 Å². The number of ether oxygens (including phenoxy) is 1. The summed E-state index contributed by atoms with van der Waals surface area (Å²) in [5, 5.41) is 2.76. The molecule has 6 heteroatoms. The van der Waals surface area contributed by atoms with Crippen molar-refractivity contribution in [2.45, 2.75) is 38.8 Å². The van der Waals surface area contributed by atoms with Crippen LogP contribution in [0.1, 0.15) is 26.7 Å². The van der Waals surface area contributed by atoms with Gasteiger partial charge >= 0.3 is 5.97 Å². The first kappa shape index (κ1) is 15.9. The Kier molecular flexibility index (Phi) is 6.24. The van der Waals surface area contributed by atoms with Crippen molar-refractivity contribution in [2.24, 2.45) is 11.7 Å². The molecule has 0 aromatic heterocycles. The van der Waals surface area contributed by atoms with E-state index in [-0.39, 0.29) is 30.4 Å². The molecule has 0 spiro atoms. The highest BCUT2D eigenvalue weighted by Gasteiger charge is 2.28. The molecule has 2 unspecified atom stereocenters. The Morgan fingerprint density at radius 3 is 2.68 bits per heavy atom. The molecule has 1 heterocycles. The third-order valence-corrected chi connectivity index (χ3v) is 3.66. The molecule has 0 aliphatic carbocycles. The third-order valence-electron chi connectivity index (χ3n) is 3.66. The van der Waals surface area contributed by atoms with Crippen molar-refractivity contribution >= 4 is 11.9 Å². The zero-order chi connectivity index (χ0) is 14.4. The number of amides is 1. The molecular formula is C13H25N3O3. The molecule has 6 nitrogen and oxygen atoms in total. The fourth-order valence-corrected chi connectivity index (χ4v) is 2.22. The minimum atomic E-state index is -0.571. The molecule has 3 atom stereocenters. The number of carbonyl (C=O) groups excluding carboxylic acids is 2. The van der Waals surface area contributed by atoms with E-state index < -0.39 is 6.04 Å². The van der Waals surface area contributed by atoms with Crippen LogP contribution < -0.4 is 11.1 Å². The number of nitrogens with zero attached hydrogens (tertiary/aromatic N) is 1. The van der Waals surface area contributed by atoms with Gasteiger partial charge in [-0.1, -0.05) is 20.3 Å². The summed E-state index contributed by atoms with van der Waals surface area (Å²) in [6.45, 7) is 5.76. The molecule has 0 aromatic carbocycles. The second kappa shape index (κ2) is 7.45. The smallest absolute Gasteiger partial charge is 0.328 e. The first-order valence-corrected chi connectivity index (χ1v) is 6.83. The van der Waals surface area contributed by atoms with Gasteiger partial charge in [0.05, 0.1) is 13.7 Å². The number of nitrogens with one attached hydrogen (secondary N) is 1. The average molecular weight is 271 g/mol. The van der Waals surface area contributed by atoms with Crippen LogP contribution >= 0.6 is 0 Å². The number of esters is 1. The van der Waals surface area contributed by atoms with Crippen molar-refractivity contribution in [1.29, 1.82) is 0 Å². The van der Waals surface area contributed by atoms with E-state index in [0.29, 0.717) is 0 Å². The maximum Gasteiger partial charge on any atom is 0.328 e. The molecular weight excluding hydrogens is 246 g/mol. The topological polar surface area (TPSA) is 84.7 Å². The fraction of sp³-hybridized carbons (Fsp3) is 0.846. The number of rotatable bonds is 6. The van der Waals surface area contributed by atoms with Gasteiger partial charge in [-0.2, -0.15) is 0 Å². The molecule has 3 N–H and O–H groups in total. The van der Waals surface area contributed by atoms with E-state index in [1.165, 1.54) is 7.11 Å². The Bertz CT molecular complexity index is 322. The Balaban J connectivity index is 2.49. The normalized spacial score (nSPS) is 22.8. The van der Waals surface area contributed by atoms with E-state index in [4.69, 9.17) is 10.5 Å². The summed E-state index contributed by atoms with van der Waals surface area (Å²) in [4.78, 5) is 25.6. The minimum absolute atomic E-state index is 0.0530. The quantitative estimate of drug-likeness (QED) is 0.649. The second-order valence-corrected chi connectivity index (χ2v) is 5.24. The lowest BCUT2D eigenvalue weighted by Crippen LogP contribution is -2.48. The van der Waals surface area contributed by atoms with Crippen molar-refractivity contribution in [3.63, 3.8) is 0 Å². The zero-order valence-corrected chi connectivity index (χ0v) is 12.0. The number of hydrogen-bond acceptors (Lipinski definition) is 5. The highest BCUT2D eigenvalue weighted by molar-refractivity contribution is 5.85. The molecule has 19 heavy (non-hydrogen) atoms. The minimum Gasteiger partial charge on any atom is -0.467 e. The summed E-state index contributed by atoms with van der Waals surface area (Å²) < 4.78 is 4.74. The average Bonchev–Trinajstić information content (AvgIpc) is 2.79. The van der Waals surface area contributed by atoms with E-state index in [9.17, 15) is 9.59 Å². The molecule has 0 aromatic rings. The predicted octanol–water partition coefficient (Wildman–Crippen LogP) is -0.277. The molecule has 1 saturated heterocycles. The summed E-state index contributed by atoms with van der Waals surface area (Å²) in [6, 6.07) is -0.419. The van der Waals surface area contributed by atoms with Crippen molar-refractivity contribution in [2.75, 3.05) is 26.7 Å². The molecule has 110 valence electrons. The summed E-state index contributed by atoms with van der Waals surface area (Å²) in [5.74, 6) is -0.483. The molecule has 0 saturated carbocycles. The van der Waals surface area contributed by atoms with Gasteiger partial charge in [0.1, 0.15) is 6.04 Å². The van der Waals surface area contributed by atoms with E-state index in [2.05, 4.69) is 5.32 Å². The number of carbonyl (C=O) groups is 2. The molecule has 1 fully saturated rings. The third kappa shape index (κ3) is 4.80. The Morgan fingerprint density at radius 2 is 2.21 bits per heavy atom. The van der Waals surface area contributed by atoms with Crippen LogP contribution in [0, 0.1) is 5.92 Å². The number of nitrogens with two attached hydrogens (primary N) is 1. The molecule has 0 bridgehead atoms. The van der Waals surface area contributed by atoms with E-state index in [1.807, 2.05) is 18.7 Å². The summed E-state index contributed by atoms with van der Waals surface area (Å²) in [5.41, 5.74) is 5.79. The number of hydrogen-bond donors (Lipinski definition) is 2. The van der Waals surface area contributed by atoms with Gasteiger partial charge in [0.15, 0.2) is 0 Å². The maximum absolute atomic E-state index is 12.0. The van der Waals surface area contributed by atoms with Gasteiger partial charge < -0.3 is 15.8 Å². The molecule has 1 aliphatic heterocycles. The SMILES string of the molecule is CCC(C)C(NC(=O)CN1CC[C@@H](N)C1)C(=O)OC. The lowest BCUT2D eigenvalue weighted by atomic mass is 9.99. The van der Waals surface area contributed by atoms with Crippen molar-refractivity contribution in [3.05, 3.63) is 0 Å². The Labute approximate surface area is 114 Å². The van der Waals surface area contributed by atoms with E-state index >= 15 is 0 Å². The fourth-order valence-electron chi connectivity index (χ4n) is 2.22. The van der Waals surface area contributed by atoms with E-state index in [1.54, 1.807) is 0 Å². The molecule has 1 aliphatic rings. The van der Waals surface area contributed by atoms with Crippen LogP contribution in [0.15, 0.2) is 0 Å². The molecule has 1 rings (SSSR count). The lowest BCUT2D eigenvalue weighted by molar-refractivity contribution is -0.146. The van der Waals surface area contributed by atoms with Crippen LogP contribution in [0.25, 0.3) is 0 Å².